The third-order valence-electron chi connectivity index (χ3n) is 3.34. The van der Waals surface area contributed by atoms with Gasteiger partial charge in [0.15, 0.2) is 5.49 Å². The Hall–Kier alpha value is -3.08. The van der Waals surface area contributed by atoms with Gasteiger partial charge >= 0.3 is 6.03 Å². The Labute approximate surface area is 127 Å². The second-order valence-electron chi connectivity index (χ2n) is 4.87. The van der Waals surface area contributed by atoms with Crippen molar-refractivity contribution in [2.45, 2.75) is 0 Å². The summed E-state index contributed by atoms with van der Waals surface area (Å²) in [5.41, 5.74) is 3.92. The Morgan fingerprint density at radius 3 is 2.64 bits per heavy atom. The molecule has 2 N–H and O–H groups in total. The van der Waals surface area contributed by atoms with Gasteiger partial charge in [-0.3, -0.25) is 0 Å². The van der Waals surface area contributed by atoms with Crippen LogP contribution in [0.15, 0.2) is 72.0 Å². The van der Waals surface area contributed by atoms with Crippen molar-refractivity contribution in [3.8, 4) is 0 Å². The van der Waals surface area contributed by atoms with Crippen molar-refractivity contribution >= 4 is 22.5 Å². The predicted octanol–water partition coefficient (Wildman–Crippen LogP) is 2.82. The highest BCUT2D eigenvalue weighted by Gasteiger charge is 2.04. The number of fused-ring (bicyclic) bond motifs is 1. The SMILES string of the molecule is Cn1ccccc1=NNC(=O)Nc1cccc2ccccc12. The molecule has 0 aliphatic heterocycles. The van der Waals surface area contributed by atoms with Gasteiger partial charge in [0.25, 0.3) is 0 Å². The molecule has 1 heterocycles. The van der Waals surface area contributed by atoms with E-state index in [1.54, 1.807) is 0 Å². The Bertz CT molecular complexity index is 877. The number of hydrogen-bond donors (Lipinski definition) is 2. The van der Waals surface area contributed by atoms with Gasteiger partial charge < -0.3 is 9.88 Å². The predicted molar refractivity (Wildman–Crippen MR) is 87.1 cm³/mol. The smallest absolute Gasteiger partial charge is 0.335 e. The van der Waals surface area contributed by atoms with Gasteiger partial charge in [0.2, 0.25) is 0 Å². The van der Waals surface area contributed by atoms with Gasteiger partial charge in [-0.05, 0) is 23.6 Å². The number of carbonyl (C=O) groups excluding carboxylic acids is 1. The van der Waals surface area contributed by atoms with Gasteiger partial charge in [0.05, 0.1) is 5.69 Å². The van der Waals surface area contributed by atoms with Crippen LogP contribution >= 0.6 is 0 Å². The van der Waals surface area contributed by atoms with Crippen LogP contribution in [0.1, 0.15) is 0 Å². The number of nitrogens with zero attached hydrogens (tertiary/aromatic N) is 2. The second-order valence-corrected chi connectivity index (χ2v) is 4.87. The molecule has 2 amide bonds. The number of urea groups is 1. The highest BCUT2D eigenvalue weighted by atomic mass is 16.2. The van der Waals surface area contributed by atoms with Gasteiger partial charge in [-0.2, -0.15) is 5.10 Å². The van der Waals surface area contributed by atoms with Crippen LogP contribution in [0, 0.1) is 0 Å². The van der Waals surface area contributed by atoms with Gasteiger partial charge in [0, 0.05) is 18.6 Å². The molecule has 0 aliphatic rings. The molecule has 0 saturated heterocycles. The van der Waals surface area contributed by atoms with Crippen LogP contribution in [0.2, 0.25) is 0 Å². The number of benzene rings is 2. The molecule has 0 fully saturated rings. The van der Waals surface area contributed by atoms with E-state index in [2.05, 4.69) is 15.8 Å². The van der Waals surface area contributed by atoms with Crippen molar-refractivity contribution in [1.29, 1.82) is 0 Å². The van der Waals surface area contributed by atoms with E-state index >= 15 is 0 Å². The van der Waals surface area contributed by atoms with E-state index in [1.165, 1.54) is 0 Å². The largest absolute Gasteiger partial charge is 0.339 e. The highest BCUT2D eigenvalue weighted by molar-refractivity contribution is 6.01. The molecular formula is C17H16N4O. The van der Waals surface area contributed by atoms with Crippen molar-refractivity contribution in [1.82, 2.24) is 9.99 Å². The van der Waals surface area contributed by atoms with E-state index in [0.29, 0.717) is 5.49 Å². The molecule has 0 radical (unpaired) electrons. The molecule has 0 bridgehead atoms. The quantitative estimate of drug-likeness (QED) is 0.701. The van der Waals surface area contributed by atoms with Crippen LogP contribution in [-0.2, 0) is 7.05 Å². The third-order valence-corrected chi connectivity index (χ3v) is 3.34. The summed E-state index contributed by atoms with van der Waals surface area (Å²) < 4.78 is 1.82. The number of anilines is 1. The summed E-state index contributed by atoms with van der Waals surface area (Å²) in [4.78, 5) is 12.0. The lowest BCUT2D eigenvalue weighted by molar-refractivity contribution is 0.252. The Balaban J connectivity index is 1.80. The maximum absolute atomic E-state index is 12.0. The monoisotopic (exact) mass is 292 g/mol. The summed E-state index contributed by atoms with van der Waals surface area (Å²) in [5, 5.41) is 8.97. The van der Waals surface area contributed by atoms with E-state index in [9.17, 15) is 4.79 Å². The average molecular weight is 292 g/mol. The lowest BCUT2D eigenvalue weighted by Gasteiger charge is -2.08. The second kappa shape index (κ2) is 6.13. The first-order valence-corrected chi connectivity index (χ1v) is 6.94. The number of nitrogens with one attached hydrogen (secondary N) is 2. The molecule has 0 spiro atoms. The lowest BCUT2D eigenvalue weighted by atomic mass is 10.1. The molecule has 2 aromatic carbocycles. The van der Waals surface area contributed by atoms with Crippen molar-refractivity contribution in [3.63, 3.8) is 0 Å². The Kier molecular flexibility index (Phi) is 3.87. The van der Waals surface area contributed by atoms with Crippen LogP contribution in [0.25, 0.3) is 10.8 Å². The van der Waals surface area contributed by atoms with Crippen LogP contribution < -0.4 is 16.2 Å². The molecule has 1 aromatic heterocycles. The number of pyridine rings is 1. The summed E-state index contributed by atoms with van der Waals surface area (Å²) in [6, 6.07) is 18.9. The summed E-state index contributed by atoms with van der Waals surface area (Å²) in [6.07, 6.45) is 1.86. The van der Waals surface area contributed by atoms with Gasteiger partial charge in [-0.25, -0.2) is 10.2 Å². The van der Waals surface area contributed by atoms with E-state index in [1.807, 2.05) is 78.5 Å². The summed E-state index contributed by atoms with van der Waals surface area (Å²) in [5.74, 6) is 0. The fraction of sp³-hybridized carbons (Fsp3) is 0.0588. The number of carbonyl (C=O) groups is 1. The number of rotatable bonds is 2. The number of aryl methyl sites for hydroxylation is 1. The fourth-order valence-electron chi connectivity index (χ4n) is 2.22. The fourth-order valence-corrected chi connectivity index (χ4v) is 2.22. The Morgan fingerprint density at radius 2 is 1.77 bits per heavy atom. The summed E-state index contributed by atoms with van der Waals surface area (Å²) in [6.45, 7) is 0. The zero-order valence-corrected chi connectivity index (χ0v) is 12.2. The van der Waals surface area contributed by atoms with E-state index in [-0.39, 0.29) is 6.03 Å². The van der Waals surface area contributed by atoms with Crippen molar-refractivity contribution in [2.75, 3.05) is 5.32 Å². The summed E-state index contributed by atoms with van der Waals surface area (Å²) in [7, 11) is 1.86. The van der Waals surface area contributed by atoms with E-state index < -0.39 is 0 Å². The molecule has 0 aliphatic carbocycles. The lowest BCUT2D eigenvalue weighted by Crippen LogP contribution is -2.29. The molecule has 0 atom stereocenters. The van der Waals surface area contributed by atoms with Crippen LogP contribution in [0.4, 0.5) is 10.5 Å². The van der Waals surface area contributed by atoms with Crippen molar-refractivity contribution in [2.24, 2.45) is 12.1 Å². The molecule has 22 heavy (non-hydrogen) atoms. The molecule has 0 unspecified atom stereocenters. The molecule has 110 valence electrons. The third kappa shape index (κ3) is 2.98. The first kappa shape index (κ1) is 13.9. The summed E-state index contributed by atoms with van der Waals surface area (Å²) >= 11 is 0. The van der Waals surface area contributed by atoms with Gasteiger partial charge in [-0.1, -0.05) is 42.5 Å². The number of hydrogen-bond acceptors (Lipinski definition) is 2. The molecule has 3 aromatic rings. The first-order valence-electron chi connectivity index (χ1n) is 6.94. The minimum atomic E-state index is -0.375. The Morgan fingerprint density at radius 1 is 1.00 bits per heavy atom. The standard InChI is InChI=1S/C17H16N4O/c1-21-12-5-4-11-16(21)19-20-17(22)18-15-10-6-8-13-7-2-3-9-14(13)15/h2-12H,1H3,(H2,18,20,22). The molecule has 5 nitrogen and oxygen atoms in total. The topological polar surface area (TPSA) is 58.4 Å². The van der Waals surface area contributed by atoms with Crippen molar-refractivity contribution < 1.29 is 4.79 Å². The minimum absolute atomic E-state index is 0.375. The normalized spacial score (nSPS) is 11.4. The first-order chi connectivity index (χ1) is 10.7. The molecular weight excluding hydrogens is 276 g/mol. The van der Waals surface area contributed by atoms with E-state index in [0.717, 1.165) is 16.5 Å². The number of aromatic nitrogens is 1. The van der Waals surface area contributed by atoms with E-state index in [4.69, 9.17) is 0 Å². The molecule has 3 rings (SSSR count). The number of amides is 2. The molecule has 5 heteroatoms. The minimum Gasteiger partial charge on any atom is -0.335 e. The average Bonchev–Trinajstić information content (AvgIpc) is 2.54. The van der Waals surface area contributed by atoms with Crippen LogP contribution in [0.5, 0.6) is 0 Å². The zero-order valence-electron chi connectivity index (χ0n) is 12.2. The maximum Gasteiger partial charge on any atom is 0.339 e. The highest BCUT2D eigenvalue weighted by Crippen LogP contribution is 2.22. The van der Waals surface area contributed by atoms with Gasteiger partial charge in [-0.15, -0.1) is 0 Å². The maximum atomic E-state index is 12.0. The van der Waals surface area contributed by atoms with Crippen LogP contribution in [0.3, 0.4) is 0 Å². The van der Waals surface area contributed by atoms with Crippen molar-refractivity contribution in [3.05, 3.63) is 72.3 Å². The molecule has 0 saturated carbocycles. The zero-order chi connectivity index (χ0) is 15.4. The van der Waals surface area contributed by atoms with Crippen LogP contribution in [-0.4, -0.2) is 10.6 Å². The van der Waals surface area contributed by atoms with Gasteiger partial charge in [0.1, 0.15) is 0 Å².